The zero-order chi connectivity index (χ0) is 21.3. The van der Waals surface area contributed by atoms with Crippen molar-refractivity contribution in [2.45, 2.75) is 6.92 Å². The number of hydrogen-bond acceptors (Lipinski definition) is 7. The molecule has 152 valence electrons. The molecule has 0 spiro atoms. The van der Waals surface area contributed by atoms with Gasteiger partial charge in [-0.2, -0.15) is 0 Å². The molecule has 0 saturated carbocycles. The Labute approximate surface area is 180 Å². The van der Waals surface area contributed by atoms with E-state index >= 15 is 0 Å². The molecular weight excluding hydrogens is 420 g/mol. The van der Waals surface area contributed by atoms with Crippen LogP contribution in [0.2, 0.25) is 0 Å². The summed E-state index contributed by atoms with van der Waals surface area (Å²) in [6.45, 7) is 1.92. The van der Waals surface area contributed by atoms with Crippen LogP contribution in [0.25, 0.3) is 10.8 Å². The largest absolute Gasteiger partial charge is 0.497 e. The maximum Gasteiger partial charge on any atom is 0.270 e. The fraction of sp³-hybridized carbons (Fsp3) is 0.0952. The molecule has 4 rings (SSSR count). The van der Waals surface area contributed by atoms with Crippen LogP contribution >= 0.6 is 22.7 Å². The van der Waals surface area contributed by atoms with Gasteiger partial charge in [-0.3, -0.25) is 9.59 Å². The van der Waals surface area contributed by atoms with Crippen LogP contribution < -0.4 is 21.1 Å². The first-order valence-electron chi connectivity index (χ1n) is 8.96. The van der Waals surface area contributed by atoms with Crippen molar-refractivity contribution in [1.29, 1.82) is 0 Å². The fourth-order valence-corrected chi connectivity index (χ4v) is 4.55. The average Bonchev–Trinajstić information content (AvgIpc) is 3.33. The SMILES string of the molecule is COc1ccc2cc(Nc3nc(C(N)=O)c(NC(=O)c4ccc(C)s4)s3)ccc2c1. The summed E-state index contributed by atoms with van der Waals surface area (Å²) in [6.07, 6.45) is 0. The molecule has 9 heteroatoms. The maximum atomic E-state index is 12.5. The van der Waals surface area contributed by atoms with Crippen LogP contribution in [-0.4, -0.2) is 23.9 Å². The number of carbonyl (C=O) groups is 2. The normalized spacial score (nSPS) is 10.7. The third-order valence-corrected chi connectivity index (χ3v) is 6.24. The number of benzene rings is 2. The first kappa shape index (κ1) is 19.9. The molecule has 4 aromatic rings. The number of nitrogens with zero attached hydrogens (tertiary/aromatic N) is 1. The van der Waals surface area contributed by atoms with E-state index < -0.39 is 5.91 Å². The van der Waals surface area contributed by atoms with Gasteiger partial charge < -0.3 is 21.1 Å². The Morgan fingerprint density at radius 2 is 1.80 bits per heavy atom. The topological polar surface area (TPSA) is 106 Å². The van der Waals surface area contributed by atoms with E-state index in [9.17, 15) is 9.59 Å². The first-order chi connectivity index (χ1) is 14.4. The Morgan fingerprint density at radius 3 is 2.50 bits per heavy atom. The summed E-state index contributed by atoms with van der Waals surface area (Å²) < 4.78 is 5.25. The highest BCUT2D eigenvalue weighted by molar-refractivity contribution is 7.20. The Bertz CT molecular complexity index is 1260. The van der Waals surface area contributed by atoms with Crippen LogP contribution in [0.15, 0.2) is 48.5 Å². The number of aryl methyl sites for hydroxylation is 1. The number of rotatable bonds is 6. The Kier molecular flexibility index (Phi) is 5.39. The molecule has 0 atom stereocenters. The van der Waals surface area contributed by atoms with Crippen LogP contribution in [-0.2, 0) is 0 Å². The number of hydrogen-bond donors (Lipinski definition) is 3. The lowest BCUT2D eigenvalue weighted by molar-refractivity contribution is 0.0997. The second kappa shape index (κ2) is 8.13. The number of methoxy groups -OCH3 is 1. The maximum absolute atomic E-state index is 12.5. The van der Waals surface area contributed by atoms with Crippen LogP contribution in [0.1, 0.15) is 25.0 Å². The fourth-order valence-electron chi connectivity index (χ4n) is 2.90. The molecule has 4 N–H and O–H groups in total. The van der Waals surface area contributed by atoms with E-state index in [2.05, 4.69) is 15.6 Å². The van der Waals surface area contributed by atoms with E-state index in [4.69, 9.17) is 10.5 Å². The van der Waals surface area contributed by atoms with Crippen molar-refractivity contribution in [1.82, 2.24) is 4.98 Å². The highest BCUT2D eigenvalue weighted by Crippen LogP contribution is 2.32. The first-order valence-corrected chi connectivity index (χ1v) is 10.6. The average molecular weight is 439 g/mol. The van der Waals surface area contributed by atoms with E-state index in [0.717, 1.165) is 38.4 Å². The summed E-state index contributed by atoms with van der Waals surface area (Å²) in [5.74, 6) is -0.219. The van der Waals surface area contributed by atoms with Crippen LogP contribution in [0.5, 0.6) is 5.75 Å². The van der Waals surface area contributed by atoms with Gasteiger partial charge in [0, 0.05) is 10.6 Å². The molecule has 2 aromatic heterocycles. The predicted molar refractivity (Wildman–Crippen MR) is 121 cm³/mol. The van der Waals surface area contributed by atoms with Gasteiger partial charge in [-0.05, 0) is 54.1 Å². The van der Waals surface area contributed by atoms with E-state index in [1.165, 1.54) is 11.3 Å². The van der Waals surface area contributed by atoms with Gasteiger partial charge in [0.25, 0.3) is 11.8 Å². The van der Waals surface area contributed by atoms with Crippen LogP contribution in [0.3, 0.4) is 0 Å². The molecule has 2 heterocycles. The number of thiazole rings is 1. The van der Waals surface area contributed by atoms with Gasteiger partial charge in [-0.1, -0.05) is 23.5 Å². The lowest BCUT2D eigenvalue weighted by Crippen LogP contribution is -2.16. The van der Waals surface area contributed by atoms with Gasteiger partial charge in [0.2, 0.25) is 0 Å². The Hall–Kier alpha value is -3.43. The molecule has 2 aromatic carbocycles. The minimum absolute atomic E-state index is 0.0228. The molecule has 2 amide bonds. The molecule has 30 heavy (non-hydrogen) atoms. The number of carbonyl (C=O) groups excluding carboxylic acids is 2. The number of nitrogens with one attached hydrogen (secondary N) is 2. The van der Waals surface area contributed by atoms with Crippen molar-refractivity contribution < 1.29 is 14.3 Å². The Morgan fingerprint density at radius 1 is 1.03 bits per heavy atom. The van der Waals surface area contributed by atoms with Gasteiger partial charge in [0.15, 0.2) is 10.8 Å². The van der Waals surface area contributed by atoms with E-state index in [0.29, 0.717) is 15.0 Å². The summed E-state index contributed by atoms with van der Waals surface area (Å²) in [5, 5.41) is 8.74. The molecule has 0 saturated heterocycles. The number of thiophene rings is 1. The third kappa shape index (κ3) is 4.12. The number of fused-ring (bicyclic) bond motifs is 1. The second-order valence-electron chi connectivity index (χ2n) is 6.48. The smallest absolute Gasteiger partial charge is 0.270 e. The predicted octanol–water partition coefficient (Wildman–Crippen LogP) is 4.77. The van der Waals surface area contributed by atoms with Gasteiger partial charge in [-0.25, -0.2) is 4.98 Å². The highest BCUT2D eigenvalue weighted by atomic mass is 32.1. The molecule has 0 bridgehead atoms. The van der Waals surface area contributed by atoms with Crippen molar-refractivity contribution in [2.75, 3.05) is 17.7 Å². The number of amides is 2. The van der Waals surface area contributed by atoms with Gasteiger partial charge in [0.05, 0.1) is 12.0 Å². The molecule has 0 fully saturated rings. The summed E-state index contributed by atoms with van der Waals surface area (Å²) in [5.41, 5.74) is 6.28. The molecular formula is C21H18N4O3S2. The number of ether oxygens (including phenoxy) is 1. The minimum Gasteiger partial charge on any atom is -0.497 e. The van der Waals surface area contributed by atoms with E-state index in [-0.39, 0.29) is 11.6 Å². The molecule has 0 aliphatic carbocycles. The summed E-state index contributed by atoms with van der Waals surface area (Å²) in [4.78, 5) is 30.1. The van der Waals surface area contributed by atoms with Gasteiger partial charge in [-0.15, -0.1) is 11.3 Å². The van der Waals surface area contributed by atoms with Crippen molar-refractivity contribution in [2.24, 2.45) is 5.73 Å². The number of nitrogens with two attached hydrogens (primary N) is 1. The molecule has 0 unspecified atom stereocenters. The molecule has 0 aliphatic rings. The molecule has 0 radical (unpaired) electrons. The summed E-state index contributed by atoms with van der Waals surface area (Å²) in [6, 6.07) is 15.2. The van der Waals surface area contributed by atoms with E-state index in [1.807, 2.05) is 49.4 Å². The van der Waals surface area contributed by atoms with Crippen LogP contribution in [0, 0.1) is 6.92 Å². The summed E-state index contributed by atoms with van der Waals surface area (Å²) in [7, 11) is 1.63. The Balaban J connectivity index is 1.58. The number of anilines is 3. The molecule has 7 nitrogen and oxygen atoms in total. The lowest BCUT2D eigenvalue weighted by Gasteiger charge is -2.06. The van der Waals surface area contributed by atoms with Crippen molar-refractivity contribution >= 4 is 61.1 Å². The number of primary amides is 1. The van der Waals surface area contributed by atoms with Gasteiger partial charge >= 0.3 is 0 Å². The monoisotopic (exact) mass is 438 g/mol. The lowest BCUT2D eigenvalue weighted by atomic mass is 10.1. The highest BCUT2D eigenvalue weighted by Gasteiger charge is 2.19. The van der Waals surface area contributed by atoms with Crippen molar-refractivity contribution in [3.8, 4) is 5.75 Å². The standard InChI is InChI=1S/C21H18N4O3S2/c1-11-3-8-16(29-11)19(27)25-20-17(18(22)26)24-21(30-20)23-14-6-4-13-10-15(28-2)7-5-12(13)9-14/h3-10H,1-2H3,(H2,22,26)(H,23,24)(H,25,27). The zero-order valence-corrected chi connectivity index (χ0v) is 17.8. The number of aromatic nitrogens is 1. The zero-order valence-electron chi connectivity index (χ0n) is 16.2. The van der Waals surface area contributed by atoms with Crippen molar-refractivity contribution in [3.05, 3.63) is 64.0 Å². The summed E-state index contributed by atoms with van der Waals surface area (Å²) >= 11 is 2.53. The van der Waals surface area contributed by atoms with Crippen LogP contribution in [0.4, 0.5) is 15.8 Å². The molecule has 0 aliphatic heterocycles. The third-order valence-electron chi connectivity index (χ3n) is 4.35. The second-order valence-corrected chi connectivity index (χ2v) is 8.77. The quantitative estimate of drug-likeness (QED) is 0.402. The minimum atomic E-state index is -0.706. The van der Waals surface area contributed by atoms with Crippen molar-refractivity contribution in [3.63, 3.8) is 0 Å². The van der Waals surface area contributed by atoms with Gasteiger partial charge in [0.1, 0.15) is 10.8 Å². The van der Waals surface area contributed by atoms with E-state index in [1.54, 1.807) is 13.2 Å².